The zero-order chi connectivity index (χ0) is 15.5. The largest absolute Gasteiger partial charge is 0.490 e. The second-order valence-corrected chi connectivity index (χ2v) is 6.51. The molecule has 0 spiro atoms. The molecule has 1 rings (SSSR count). The molecular weight excluding hydrogens is 282 g/mol. The molecule has 0 unspecified atom stereocenters. The van der Waals surface area contributed by atoms with Crippen molar-refractivity contribution in [3.05, 3.63) is 23.8 Å². The number of ether oxygens (including phenoxy) is 2. The highest BCUT2D eigenvalue weighted by Crippen LogP contribution is 2.31. The Morgan fingerprint density at radius 3 is 2.67 bits per heavy atom. The molecule has 1 aromatic carbocycles. The molecule has 0 amide bonds. The second-order valence-electron chi connectivity index (χ2n) is 5.11. The van der Waals surface area contributed by atoms with Gasteiger partial charge >= 0.3 is 0 Å². The molecular formula is C17H29NO2S. The highest BCUT2D eigenvalue weighted by atomic mass is 32.2. The van der Waals surface area contributed by atoms with Crippen molar-refractivity contribution in [3.63, 3.8) is 0 Å². The molecule has 21 heavy (non-hydrogen) atoms. The first-order valence-corrected chi connectivity index (χ1v) is 9.03. The molecule has 3 nitrogen and oxygen atoms in total. The minimum atomic E-state index is 0.453. The van der Waals surface area contributed by atoms with Crippen molar-refractivity contribution >= 4 is 11.8 Å². The highest BCUT2D eigenvalue weighted by Gasteiger charge is 2.11. The summed E-state index contributed by atoms with van der Waals surface area (Å²) in [7, 11) is 0. The van der Waals surface area contributed by atoms with Crippen molar-refractivity contribution in [2.45, 2.75) is 46.7 Å². The van der Waals surface area contributed by atoms with Crippen LogP contribution in [0.15, 0.2) is 18.2 Å². The van der Waals surface area contributed by atoms with Gasteiger partial charge in [0.25, 0.3) is 0 Å². The zero-order valence-electron chi connectivity index (χ0n) is 13.8. The summed E-state index contributed by atoms with van der Waals surface area (Å²) in [5.74, 6) is 4.06. The molecule has 0 bridgehead atoms. The fourth-order valence-corrected chi connectivity index (χ4v) is 2.54. The molecule has 1 N–H and O–H groups in total. The van der Waals surface area contributed by atoms with Crippen molar-refractivity contribution in [1.29, 1.82) is 0 Å². The first kappa shape index (κ1) is 18.2. The van der Waals surface area contributed by atoms with Crippen molar-refractivity contribution < 1.29 is 9.47 Å². The summed E-state index contributed by atoms with van der Waals surface area (Å²) < 4.78 is 11.7. The van der Waals surface area contributed by atoms with Gasteiger partial charge in [0.15, 0.2) is 11.5 Å². The van der Waals surface area contributed by atoms with E-state index in [1.165, 1.54) is 5.75 Å². The Balaban J connectivity index is 2.69. The van der Waals surface area contributed by atoms with Crippen LogP contribution < -0.4 is 14.8 Å². The van der Waals surface area contributed by atoms with Gasteiger partial charge in [-0.1, -0.05) is 32.9 Å². The van der Waals surface area contributed by atoms with Gasteiger partial charge in [0.2, 0.25) is 0 Å². The van der Waals surface area contributed by atoms with E-state index in [0.717, 1.165) is 42.4 Å². The van der Waals surface area contributed by atoms with Crippen molar-refractivity contribution in [2.75, 3.05) is 24.7 Å². The Labute approximate surface area is 133 Å². The fourth-order valence-electron chi connectivity index (χ4n) is 1.93. The van der Waals surface area contributed by atoms with E-state index in [1.54, 1.807) is 0 Å². The van der Waals surface area contributed by atoms with Gasteiger partial charge in [-0.25, -0.2) is 0 Å². The normalized spacial score (nSPS) is 10.9. The number of thioether (sulfide) groups is 1. The summed E-state index contributed by atoms with van der Waals surface area (Å²) in [6.45, 7) is 10.7. The van der Waals surface area contributed by atoms with Crippen LogP contribution in [0.2, 0.25) is 0 Å². The molecule has 1 aromatic rings. The van der Waals surface area contributed by atoms with Crippen LogP contribution in [0.4, 0.5) is 0 Å². The van der Waals surface area contributed by atoms with Crippen molar-refractivity contribution in [1.82, 2.24) is 5.32 Å². The van der Waals surface area contributed by atoms with Gasteiger partial charge in [0, 0.05) is 18.2 Å². The van der Waals surface area contributed by atoms with E-state index >= 15 is 0 Å². The Morgan fingerprint density at radius 1 is 1.19 bits per heavy atom. The SMILES string of the molecule is CCOc1cccc(CNC(C)C)c1OCCCSCC. The minimum absolute atomic E-state index is 0.453. The average molecular weight is 311 g/mol. The number of benzene rings is 1. The summed E-state index contributed by atoms with van der Waals surface area (Å²) in [4.78, 5) is 0. The molecule has 0 aliphatic rings. The predicted molar refractivity (Wildman–Crippen MR) is 92.7 cm³/mol. The molecule has 0 fully saturated rings. The first-order valence-electron chi connectivity index (χ1n) is 7.87. The summed E-state index contributed by atoms with van der Waals surface area (Å²) in [6.07, 6.45) is 1.07. The Bertz CT molecular complexity index is 396. The monoisotopic (exact) mass is 311 g/mol. The van der Waals surface area contributed by atoms with Crippen molar-refractivity contribution in [3.8, 4) is 11.5 Å². The van der Waals surface area contributed by atoms with Gasteiger partial charge < -0.3 is 14.8 Å². The maximum Gasteiger partial charge on any atom is 0.165 e. The summed E-state index contributed by atoms with van der Waals surface area (Å²) in [6, 6.07) is 6.57. The summed E-state index contributed by atoms with van der Waals surface area (Å²) in [5, 5.41) is 3.44. The maximum atomic E-state index is 6.02. The van der Waals surface area contributed by atoms with Gasteiger partial charge in [0.1, 0.15) is 0 Å². The van der Waals surface area contributed by atoms with Crippen LogP contribution in [0, 0.1) is 0 Å². The Hall–Kier alpha value is -0.870. The smallest absolute Gasteiger partial charge is 0.165 e. The third-order valence-corrected chi connectivity index (χ3v) is 3.93. The van der Waals surface area contributed by atoms with Crippen LogP contribution in [0.5, 0.6) is 11.5 Å². The van der Waals surface area contributed by atoms with Crippen LogP contribution in [-0.4, -0.2) is 30.8 Å². The molecule has 0 saturated carbocycles. The van der Waals surface area contributed by atoms with Crippen LogP contribution in [0.1, 0.15) is 39.7 Å². The topological polar surface area (TPSA) is 30.5 Å². The second kappa shape index (κ2) is 10.8. The molecule has 4 heteroatoms. The van der Waals surface area contributed by atoms with E-state index in [0.29, 0.717) is 12.6 Å². The lowest BCUT2D eigenvalue weighted by atomic mass is 10.1. The molecule has 120 valence electrons. The zero-order valence-corrected chi connectivity index (χ0v) is 14.6. The van der Waals surface area contributed by atoms with Crippen LogP contribution >= 0.6 is 11.8 Å². The molecule has 0 aromatic heterocycles. The predicted octanol–water partition coefficient (Wildman–Crippen LogP) is 4.11. The van der Waals surface area contributed by atoms with E-state index in [4.69, 9.17) is 9.47 Å². The first-order chi connectivity index (χ1) is 10.2. The van der Waals surface area contributed by atoms with Crippen molar-refractivity contribution in [2.24, 2.45) is 0 Å². The number of hydrogen-bond donors (Lipinski definition) is 1. The number of nitrogens with one attached hydrogen (secondary N) is 1. The fraction of sp³-hybridized carbons (Fsp3) is 0.647. The summed E-state index contributed by atoms with van der Waals surface area (Å²) >= 11 is 1.95. The number of para-hydroxylation sites is 1. The molecule has 0 heterocycles. The lowest BCUT2D eigenvalue weighted by Gasteiger charge is -2.17. The molecule has 0 radical (unpaired) electrons. The minimum Gasteiger partial charge on any atom is -0.490 e. The van der Waals surface area contributed by atoms with Gasteiger partial charge in [-0.15, -0.1) is 0 Å². The Kier molecular flexibility index (Phi) is 9.35. The molecule has 0 aliphatic carbocycles. The third kappa shape index (κ3) is 7.09. The van der Waals surface area contributed by atoms with E-state index in [1.807, 2.05) is 30.8 Å². The van der Waals surface area contributed by atoms with Gasteiger partial charge in [0.05, 0.1) is 13.2 Å². The van der Waals surface area contributed by atoms with E-state index in [9.17, 15) is 0 Å². The van der Waals surface area contributed by atoms with E-state index in [2.05, 4.69) is 32.2 Å². The standard InChI is InChI=1S/C17H29NO2S/c1-5-19-16-10-7-9-15(13-18-14(3)4)17(16)20-11-8-12-21-6-2/h7,9-10,14,18H,5-6,8,11-13H2,1-4H3. The van der Waals surface area contributed by atoms with E-state index < -0.39 is 0 Å². The van der Waals surface area contributed by atoms with Crippen LogP contribution in [0.25, 0.3) is 0 Å². The van der Waals surface area contributed by atoms with Gasteiger partial charge in [-0.3, -0.25) is 0 Å². The van der Waals surface area contributed by atoms with Gasteiger partial charge in [-0.05, 0) is 30.9 Å². The van der Waals surface area contributed by atoms with Crippen LogP contribution in [-0.2, 0) is 6.54 Å². The maximum absolute atomic E-state index is 6.02. The highest BCUT2D eigenvalue weighted by molar-refractivity contribution is 7.99. The molecule has 0 atom stereocenters. The lowest BCUT2D eigenvalue weighted by Crippen LogP contribution is -2.22. The quantitative estimate of drug-likeness (QED) is 0.623. The number of hydrogen-bond acceptors (Lipinski definition) is 4. The van der Waals surface area contributed by atoms with Gasteiger partial charge in [-0.2, -0.15) is 11.8 Å². The summed E-state index contributed by atoms with van der Waals surface area (Å²) in [5.41, 5.74) is 1.16. The molecule has 0 aliphatic heterocycles. The number of rotatable bonds is 11. The van der Waals surface area contributed by atoms with Crippen LogP contribution in [0.3, 0.4) is 0 Å². The third-order valence-electron chi connectivity index (χ3n) is 2.94. The average Bonchev–Trinajstić information content (AvgIpc) is 2.46. The molecule has 0 saturated heterocycles. The Morgan fingerprint density at radius 2 is 2.00 bits per heavy atom. The van der Waals surface area contributed by atoms with E-state index in [-0.39, 0.29) is 0 Å². The lowest BCUT2D eigenvalue weighted by molar-refractivity contribution is 0.274.